The van der Waals surface area contributed by atoms with Crippen LogP contribution in [0.15, 0.2) is 47.6 Å². The third-order valence-electron chi connectivity index (χ3n) is 5.81. The third kappa shape index (κ3) is 4.15. The van der Waals surface area contributed by atoms with Crippen LogP contribution in [0.5, 0.6) is 11.5 Å². The summed E-state index contributed by atoms with van der Waals surface area (Å²) in [5, 5.41) is 0. The number of aliphatic imine (C=N–C) groups is 1. The standard InChI is InChI=1S/C24H29N3O2/c1-17-12-18(21(14-25)15-26-2)5-6-20(17)16-27-9-3-4-22(27)19-7-8-23-24(13-19)29-11-10-28-23/h5-8,12-15,22H,3-4,9-11,16,25H2,1-2H3. The molecule has 2 aromatic carbocycles. The molecule has 0 amide bonds. The van der Waals surface area contributed by atoms with Crippen molar-refractivity contribution in [2.75, 3.05) is 26.8 Å². The SMILES string of the molecule is CN=CC(=CN)c1ccc(CN2CCCC2c2ccc3c(c2)OCCO3)c(C)c1. The van der Waals surface area contributed by atoms with Crippen LogP contribution in [0, 0.1) is 6.92 Å². The van der Waals surface area contributed by atoms with Gasteiger partial charge >= 0.3 is 0 Å². The first-order valence-corrected chi connectivity index (χ1v) is 10.3. The summed E-state index contributed by atoms with van der Waals surface area (Å²) < 4.78 is 11.5. The van der Waals surface area contributed by atoms with E-state index in [0.717, 1.165) is 35.7 Å². The van der Waals surface area contributed by atoms with Crippen molar-refractivity contribution in [3.63, 3.8) is 0 Å². The van der Waals surface area contributed by atoms with Gasteiger partial charge in [-0.3, -0.25) is 9.89 Å². The van der Waals surface area contributed by atoms with Crippen molar-refractivity contribution >= 4 is 11.8 Å². The summed E-state index contributed by atoms with van der Waals surface area (Å²) in [6.07, 6.45) is 5.79. The van der Waals surface area contributed by atoms with Gasteiger partial charge in [0.2, 0.25) is 0 Å². The zero-order valence-corrected chi connectivity index (χ0v) is 17.2. The summed E-state index contributed by atoms with van der Waals surface area (Å²) in [5.41, 5.74) is 11.7. The molecule has 2 aliphatic heterocycles. The molecule has 1 atom stereocenters. The molecule has 2 aliphatic rings. The van der Waals surface area contributed by atoms with E-state index in [4.69, 9.17) is 15.2 Å². The van der Waals surface area contributed by atoms with E-state index in [-0.39, 0.29) is 0 Å². The number of nitrogens with two attached hydrogens (primary N) is 1. The van der Waals surface area contributed by atoms with E-state index in [1.54, 1.807) is 19.5 Å². The molecular weight excluding hydrogens is 362 g/mol. The van der Waals surface area contributed by atoms with Gasteiger partial charge in [-0.25, -0.2) is 0 Å². The molecule has 0 radical (unpaired) electrons. The molecule has 2 heterocycles. The second-order valence-corrected chi connectivity index (χ2v) is 7.68. The Labute approximate surface area is 172 Å². The molecule has 5 nitrogen and oxygen atoms in total. The lowest BCUT2D eigenvalue weighted by Crippen LogP contribution is -2.23. The van der Waals surface area contributed by atoms with Crippen molar-refractivity contribution in [1.29, 1.82) is 0 Å². The molecule has 152 valence electrons. The number of rotatable bonds is 5. The van der Waals surface area contributed by atoms with Crippen LogP contribution in [0.4, 0.5) is 0 Å². The normalized spacial score (nSPS) is 19.8. The number of fused-ring (bicyclic) bond motifs is 1. The molecule has 4 rings (SSSR count). The number of nitrogens with zero attached hydrogens (tertiary/aromatic N) is 2. The Balaban J connectivity index is 1.53. The molecule has 2 aromatic rings. The van der Waals surface area contributed by atoms with Crippen LogP contribution in [0.2, 0.25) is 0 Å². The molecule has 0 bridgehead atoms. The summed E-state index contributed by atoms with van der Waals surface area (Å²) in [6, 6.07) is 13.4. The monoisotopic (exact) mass is 391 g/mol. The van der Waals surface area contributed by atoms with Gasteiger partial charge in [-0.1, -0.05) is 24.3 Å². The van der Waals surface area contributed by atoms with Gasteiger partial charge < -0.3 is 15.2 Å². The first-order valence-electron chi connectivity index (χ1n) is 10.3. The number of hydrogen-bond donors (Lipinski definition) is 1. The second-order valence-electron chi connectivity index (χ2n) is 7.68. The van der Waals surface area contributed by atoms with Crippen LogP contribution in [-0.2, 0) is 6.54 Å². The number of allylic oxidation sites excluding steroid dienone is 1. The van der Waals surface area contributed by atoms with E-state index in [1.807, 2.05) is 0 Å². The Kier molecular flexibility index (Phi) is 5.86. The van der Waals surface area contributed by atoms with Crippen molar-refractivity contribution in [2.24, 2.45) is 10.7 Å². The van der Waals surface area contributed by atoms with Crippen LogP contribution in [0.25, 0.3) is 5.57 Å². The fraction of sp³-hybridized carbons (Fsp3) is 0.375. The van der Waals surface area contributed by atoms with Crippen LogP contribution in [-0.4, -0.2) is 37.9 Å². The average Bonchev–Trinajstić information content (AvgIpc) is 3.21. The first-order chi connectivity index (χ1) is 14.2. The van der Waals surface area contributed by atoms with Gasteiger partial charge in [0.25, 0.3) is 0 Å². The zero-order valence-electron chi connectivity index (χ0n) is 17.2. The van der Waals surface area contributed by atoms with Crippen molar-refractivity contribution in [3.05, 3.63) is 64.9 Å². The maximum absolute atomic E-state index is 5.79. The predicted molar refractivity (Wildman–Crippen MR) is 118 cm³/mol. The molecule has 5 heteroatoms. The minimum absolute atomic E-state index is 0.414. The summed E-state index contributed by atoms with van der Waals surface area (Å²) in [5.74, 6) is 1.73. The van der Waals surface area contributed by atoms with E-state index in [2.05, 4.69) is 53.2 Å². The summed E-state index contributed by atoms with van der Waals surface area (Å²) in [4.78, 5) is 6.66. The number of hydrogen-bond acceptors (Lipinski definition) is 5. The fourth-order valence-electron chi connectivity index (χ4n) is 4.28. The molecular formula is C24H29N3O2. The molecule has 1 unspecified atom stereocenters. The van der Waals surface area contributed by atoms with Crippen LogP contribution >= 0.6 is 0 Å². The Morgan fingerprint density at radius 1 is 1.17 bits per heavy atom. The number of ether oxygens (including phenoxy) is 2. The molecule has 0 spiro atoms. The zero-order chi connectivity index (χ0) is 20.2. The summed E-state index contributed by atoms with van der Waals surface area (Å²) >= 11 is 0. The summed E-state index contributed by atoms with van der Waals surface area (Å²) in [6.45, 7) is 5.47. The number of likely N-dealkylation sites (tertiary alicyclic amines) is 1. The maximum atomic E-state index is 5.79. The lowest BCUT2D eigenvalue weighted by atomic mass is 9.99. The maximum Gasteiger partial charge on any atom is 0.161 e. The smallest absolute Gasteiger partial charge is 0.161 e. The van der Waals surface area contributed by atoms with Crippen LogP contribution in [0.3, 0.4) is 0 Å². The van der Waals surface area contributed by atoms with E-state index >= 15 is 0 Å². The fourth-order valence-corrected chi connectivity index (χ4v) is 4.28. The van der Waals surface area contributed by atoms with Crippen LogP contribution in [0.1, 0.15) is 41.1 Å². The van der Waals surface area contributed by atoms with Crippen molar-refractivity contribution < 1.29 is 9.47 Å². The second kappa shape index (κ2) is 8.70. The predicted octanol–water partition coefficient (Wildman–Crippen LogP) is 4.10. The molecule has 1 saturated heterocycles. The van der Waals surface area contributed by atoms with Crippen molar-refractivity contribution in [2.45, 2.75) is 32.4 Å². The van der Waals surface area contributed by atoms with Gasteiger partial charge in [0.1, 0.15) is 13.2 Å². The highest BCUT2D eigenvalue weighted by atomic mass is 16.6. The van der Waals surface area contributed by atoms with E-state index in [1.165, 1.54) is 29.5 Å². The highest BCUT2D eigenvalue weighted by Gasteiger charge is 2.27. The minimum atomic E-state index is 0.414. The topological polar surface area (TPSA) is 60.1 Å². The van der Waals surface area contributed by atoms with Gasteiger partial charge in [-0.2, -0.15) is 0 Å². The lowest BCUT2D eigenvalue weighted by Gasteiger charge is -2.27. The molecule has 2 N–H and O–H groups in total. The molecule has 29 heavy (non-hydrogen) atoms. The Bertz CT molecular complexity index is 936. The average molecular weight is 392 g/mol. The molecule has 1 fully saturated rings. The molecule has 0 saturated carbocycles. The first kappa shape index (κ1) is 19.5. The van der Waals surface area contributed by atoms with E-state index in [0.29, 0.717) is 19.3 Å². The number of aryl methyl sites for hydroxylation is 1. The van der Waals surface area contributed by atoms with Crippen molar-refractivity contribution in [1.82, 2.24) is 4.90 Å². The third-order valence-corrected chi connectivity index (χ3v) is 5.81. The van der Waals surface area contributed by atoms with Crippen molar-refractivity contribution in [3.8, 4) is 11.5 Å². The number of benzene rings is 2. The largest absolute Gasteiger partial charge is 0.486 e. The Morgan fingerprint density at radius 3 is 2.76 bits per heavy atom. The molecule has 0 aliphatic carbocycles. The Hall–Kier alpha value is -2.79. The minimum Gasteiger partial charge on any atom is -0.486 e. The van der Waals surface area contributed by atoms with Gasteiger partial charge in [-0.15, -0.1) is 0 Å². The van der Waals surface area contributed by atoms with Gasteiger partial charge in [0, 0.05) is 37.6 Å². The molecule has 0 aromatic heterocycles. The van der Waals surface area contributed by atoms with Gasteiger partial charge in [0.05, 0.1) is 0 Å². The quantitative estimate of drug-likeness (QED) is 0.780. The van der Waals surface area contributed by atoms with Gasteiger partial charge in [-0.05, 0) is 60.7 Å². The van der Waals surface area contributed by atoms with Crippen LogP contribution < -0.4 is 15.2 Å². The highest BCUT2D eigenvalue weighted by Crippen LogP contribution is 2.38. The van der Waals surface area contributed by atoms with Gasteiger partial charge in [0.15, 0.2) is 11.5 Å². The lowest BCUT2D eigenvalue weighted by molar-refractivity contribution is 0.170. The summed E-state index contributed by atoms with van der Waals surface area (Å²) in [7, 11) is 1.76. The Morgan fingerprint density at radius 2 is 2.00 bits per heavy atom. The van der Waals surface area contributed by atoms with E-state index in [9.17, 15) is 0 Å². The highest BCUT2D eigenvalue weighted by molar-refractivity contribution is 6.09. The van der Waals surface area contributed by atoms with E-state index < -0.39 is 0 Å².